The molecule has 210 valence electrons. The molecule has 1 saturated heterocycles. The van der Waals surface area contributed by atoms with Crippen molar-refractivity contribution in [3.8, 4) is 0 Å². The van der Waals surface area contributed by atoms with Crippen molar-refractivity contribution in [2.75, 3.05) is 11.9 Å². The number of rotatable bonds is 8. The molecule has 3 aromatic rings. The molecule has 3 aliphatic carbocycles. The summed E-state index contributed by atoms with van der Waals surface area (Å²) in [4.78, 5) is 55.3. The summed E-state index contributed by atoms with van der Waals surface area (Å²) in [5.41, 5.74) is 4.64. The van der Waals surface area contributed by atoms with E-state index in [2.05, 4.69) is 5.32 Å². The van der Waals surface area contributed by atoms with Gasteiger partial charge in [-0.1, -0.05) is 91.5 Å². The third kappa shape index (κ3) is 4.61. The molecule has 7 nitrogen and oxygen atoms in total. The molecule has 9 heteroatoms. The van der Waals surface area contributed by atoms with Gasteiger partial charge in [-0.3, -0.25) is 19.3 Å². The van der Waals surface area contributed by atoms with Gasteiger partial charge in [-0.25, -0.2) is 4.79 Å². The minimum Gasteiger partial charge on any atom is -0.454 e. The lowest BCUT2D eigenvalue weighted by Crippen LogP contribution is -2.47. The Balaban J connectivity index is 1.25. The second-order valence-electron chi connectivity index (χ2n) is 10.8. The number of benzene rings is 3. The van der Waals surface area contributed by atoms with Gasteiger partial charge in [0.05, 0.1) is 21.9 Å². The zero-order chi connectivity index (χ0) is 28.8. The number of carbonyl (C=O) groups is 4. The highest BCUT2D eigenvalue weighted by Gasteiger charge is 2.63. The summed E-state index contributed by atoms with van der Waals surface area (Å²) in [6.45, 7) is 1.39. The number of imide groups is 1. The van der Waals surface area contributed by atoms with Crippen LogP contribution in [0.15, 0.2) is 66.7 Å². The lowest BCUT2D eigenvalue weighted by molar-refractivity contribution is -0.160. The van der Waals surface area contributed by atoms with Crippen molar-refractivity contribution in [2.24, 2.45) is 11.8 Å². The Labute approximate surface area is 247 Å². The lowest BCUT2D eigenvalue weighted by atomic mass is 9.55. The predicted molar refractivity (Wildman–Crippen MR) is 155 cm³/mol. The van der Waals surface area contributed by atoms with E-state index in [0.29, 0.717) is 17.1 Å². The average molecular weight is 591 g/mol. The number of amides is 3. The topological polar surface area (TPSA) is 92.8 Å². The van der Waals surface area contributed by atoms with Crippen molar-refractivity contribution >= 4 is 52.6 Å². The number of halogens is 2. The van der Waals surface area contributed by atoms with E-state index in [1.165, 1.54) is 6.07 Å². The molecule has 1 aliphatic heterocycles. The van der Waals surface area contributed by atoms with E-state index in [0.717, 1.165) is 33.6 Å². The molecular formula is C32H28Cl2N2O5. The summed E-state index contributed by atoms with van der Waals surface area (Å²) in [5, 5.41) is 3.22. The standard InChI is InChI=1S/C32H28Cl2N2O5/c1-2-3-12-24(32(40)41-16-25(37)35-17-13-14-22(33)23(34)15-17)36-30(38)28-26-18-8-4-5-9-19(18)27(29(28)31(36)39)21-11-7-6-10-20(21)26/h4-11,13-15,24,26-29H,2-3,12,16H2,1H3,(H,35,37)/t24-,26?,27?,28-,29+/m0/s1. The zero-order valence-corrected chi connectivity index (χ0v) is 23.8. The van der Waals surface area contributed by atoms with Crippen LogP contribution in [-0.2, 0) is 23.9 Å². The quantitative estimate of drug-likeness (QED) is 0.259. The van der Waals surface area contributed by atoms with Gasteiger partial charge in [-0.15, -0.1) is 0 Å². The summed E-state index contributed by atoms with van der Waals surface area (Å²) < 4.78 is 5.39. The third-order valence-corrected chi connectivity index (χ3v) is 9.19. The van der Waals surface area contributed by atoms with Gasteiger partial charge in [0.25, 0.3) is 5.91 Å². The van der Waals surface area contributed by atoms with Gasteiger partial charge < -0.3 is 10.1 Å². The van der Waals surface area contributed by atoms with Crippen LogP contribution in [0.3, 0.4) is 0 Å². The molecule has 0 aromatic heterocycles. The minimum absolute atomic E-state index is 0.260. The summed E-state index contributed by atoms with van der Waals surface area (Å²) in [6.07, 6.45) is 1.62. The summed E-state index contributed by atoms with van der Waals surface area (Å²) >= 11 is 11.9. The van der Waals surface area contributed by atoms with Gasteiger partial charge in [0, 0.05) is 17.5 Å². The maximum atomic E-state index is 14.1. The van der Waals surface area contributed by atoms with Gasteiger partial charge in [0.15, 0.2) is 6.61 Å². The summed E-state index contributed by atoms with van der Waals surface area (Å²) in [6, 6.07) is 19.5. The van der Waals surface area contributed by atoms with Gasteiger partial charge >= 0.3 is 5.97 Å². The van der Waals surface area contributed by atoms with Crippen LogP contribution in [0.2, 0.25) is 10.0 Å². The summed E-state index contributed by atoms with van der Waals surface area (Å²) in [5.74, 6) is -3.76. The number of esters is 1. The average Bonchev–Trinajstić information content (AvgIpc) is 3.24. The molecule has 1 heterocycles. The Morgan fingerprint density at radius 3 is 1.88 bits per heavy atom. The number of hydrogen-bond donors (Lipinski definition) is 1. The van der Waals surface area contributed by atoms with Crippen molar-refractivity contribution in [1.29, 1.82) is 0 Å². The first kappa shape index (κ1) is 27.5. The van der Waals surface area contributed by atoms with E-state index < -0.39 is 36.4 Å². The first-order valence-corrected chi connectivity index (χ1v) is 14.5. The van der Waals surface area contributed by atoms with Crippen molar-refractivity contribution in [3.05, 3.63) is 99.0 Å². The van der Waals surface area contributed by atoms with Crippen LogP contribution in [0.5, 0.6) is 0 Å². The Kier molecular flexibility index (Phi) is 7.34. The number of likely N-dealkylation sites (tertiary alicyclic amines) is 1. The highest BCUT2D eigenvalue weighted by atomic mass is 35.5. The maximum absolute atomic E-state index is 14.1. The molecular weight excluding hydrogens is 563 g/mol. The number of unbranched alkanes of at least 4 members (excludes halogenated alkanes) is 1. The van der Waals surface area contributed by atoms with Crippen LogP contribution in [0, 0.1) is 11.8 Å². The summed E-state index contributed by atoms with van der Waals surface area (Å²) in [7, 11) is 0. The van der Waals surface area contributed by atoms with E-state index in [4.69, 9.17) is 27.9 Å². The first-order valence-electron chi connectivity index (χ1n) is 13.8. The Morgan fingerprint density at radius 1 is 0.854 bits per heavy atom. The normalized spacial score (nSPS) is 22.6. The molecule has 0 unspecified atom stereocenters. The molecule has 4 aliphatic rings. The van der Waals surface area contributed by atoms with E-state index >= 15 is 0 Å². The van der Waals surface area contributed by atoms with Crippen LogP contribution >= 0.6 is 23.2 Å². The van der Waals surface area contributed by atoms with Crippen molar-refractivity contribution in [2.45, 2.75) is 44.1 Å². The fourth-order valence-electron chi connectivity index (χ4n) is 6.76. The minimum atomic E-state index is -1.11. The van der Waals surface area contributed by atoms with Crippen molar-refractivity contribution in [3.63, 3.8) is 0 Å². The molecule has 0 saturated carbocycles. The van der Waals surface area contributed by atoms with E-state index in [9.17, 15) is 19.2 Å². The monoisotopic (exact) mass is 590 g/mol. The van der Waals surface area contributed by atoms with Crippen molar-refractivity contribution < 1.29 is 23.9 Å². The number of ether oxygens (including phenoxy) is 1. The first-order chi connectivity index (χ1) is 19.8. The second-order valence-corrected chi connectivity index (χ2v) is 11.6. The number of hydrogen-bond acceptors (Lipinski definition) is 5. The Morgan fingerprint density at radius 2 is 1.39 bits per heavy atom. The molecule has 3 amide bonds. The molecule has 1 N–H and O–H groups in total. The van der Waals surface area contributed by atoms with Crippen LogP contribution in [-0.4, -0.2) is 41.2 Å². The third-order valence-electron chi connectivity index (χ3n) is 8.45. The smallest absolute Gasteiger partial charge is 0.329 e. The number of carbonyl (C=O) groups excluding carboxylic acids is 4. The largest absolute Gasteiger partial charge is 0.454 e. The number of nitrogens with one attached hydrogen (secondary N) is 1. The zero-order valence-electron chi connectivity index (χ0n) is 22.3. The fourth-order valence-corrected chi connectivity index (χ4v) is 7.06. The lowest BCUT2D eigenvalue weighted by Gasteiger charge is -2.45. The molecule has 3 aromatic carbocycles. The number of nitrogens with zero attached hydrogens (tertiary/aromatic N) is 1. The molecule has 41 heavy (non-hydrogen) atoms. The van der Waals surface area contributed by atoms with Gasteiger partial charge in [-0.2, -0.15) is 0 Å². The maximum Gasteiger partial charge on any atom is 0.329 e. The van der Waals surface area contributed by atoms with Gasteiger partial charge in [-0.05, 0) is 46.9 Å². The highest BCUT2D eigenvalue weighted by molar-refractivity contribution is 6.42. The van der Waals surface area contributed by atoms with Crippen molar-refractivity contribution in [1.82, 2.24) is 4.90 Å². The number of anilines is 1. The van der Waals surface area contributed by atoms with Crippen LogP contribution in [0.1, 0.15) is 60.3 Å². The van der Waals surface area contributed by atoms with Gasteiger partial charge in [0.1, 0.15) is 6.04 Å². The molecule has 0 radical (unpaired) electrons. The highest BCUT2D eigenvalue weighted by Crippen LogP contribution is 2.61. The molecule has 0 spiro atoms. The second kappa shape index (κ2) is 11.0. The van der Waals surface area contributed by atoms with Crippen LogP contribution < -0.4 is 5.32 Å². The van der Waals surface area contributed by atoms with E-state index in [1.54, 1.807) is 12.1 Å². The van der Waals surface area contributed by atoms with E-state index in [1.807, 2.05) is 55.5 Å². The Hall–Kier alpha value is -3.68. The SMILES string of the molecule is CCCC[C@@H](C(=O)OCC(=O)Nc1ccc(Cl)c(Cl)c1)N1C(=O)[C@@H]2C3c4ccccc4C(c4ccccc43)[C@@H]2C1=O. The predicted octanol–water partition coefficient (Wildman–Crippen LogP) is 5.93. The molecule has 2 bridgehead atoms. The molecule has 3 atom stereocenters. The fraction of sp³-hybridized carbons (Fsp3) is 0.312. The van der Waals surface area contributed by atoms with Gasteiger partial charge in [0.2, 0.25) is 11.8 Å². The van der Waals surface area contributed by atoms with Crippen LogP contribution in [0.25, 0.3) is 0 Å². The molecule has 1 fully saturated rings. The van der Waals surface area contributed by atoms with Crippen LogP contribution in [0.4, 0.5) is 5.69 Å². The molecule has 7 rings (SSSR count). The van der Waals surface area contributed by atoms with E-state index in [-0.39, 0.29) is 35.1 Å². The Bertz CT molecular complexity index is 1460.